The lowest BCUT2D eigenvalue weighted by molar-refractivity contribution is 0.0215. The number of rotatable bonds is 1. The molecule has 2 heterocycles. The standard InChI is InChI=1S/C15H19NO2/c17-13-8-15-14(18-15)7-12(13)16-6-5-10-3-1-2-4-11(10)9-16/h1-4,12-15,17H,5-9H2/t12-,13-,14+,15-/m0/s1. The van der Waals surface area contributed by atoms with E-state index < -0.39 is 0 Å². The van der Waals surface area contributed by atoms with Crippen LogP contribution in [-0.2, 0) is 17.7 Å². The Labute approximate surface area is 107 Å². The van der Waals surface area contributed by atoms with Crippen LogP contribution in [0.15, 0.2) is 24.3 Å². The van der Waals surface area contributed by atoms with E-state index in [1.54, 1.807) is 0 Å². The van der Waals surface area contributed by atoms with Gasteiger partial charge in [0.1, 0.15) is 0 Å². The summed E-state index contributed by atoms with van der Waals surface area (Å²) in [4.78, 5) is 2.45. The smallest absolute Gasteiger partial charge is 0.0867 e. The molecular formula is C15H19NO2. The van der Waals surface area contributed by atoms with Gasteiger partial charge in [-0.2, -0.15) is 0 Å². The molecule has 4 rings (SSSR count). The lowest BCUT2D eigenvalue weighted by Crippen LogP contribution is -2.49. The Balaban J connectivity index is 1.53. The monoisotopic (exact) mass is 245 g/mol. The molecule has 4 atom stereocenters. The number of nitrogens with zero attached hydrogens (tertiary/aromatic N) is 1. The normalized spacial score (nSPS) is 38.9. The van der Waals surface area contributed by atoms with Crippen LogP contribution in [0.25, 0.3) is 0 Å². The minimum absolute atomic E-state index is 0.209. The molecule has 2 fully saturated rings. The molecule has 0 radical (unpaired) electrons. The number of aliphatic hydroxyl groups is 1. The third-order valence-electron chi connectivity index (χ3n) is 4.71. The zero-order chi connectivity index (χ0) is 12.1. The molecule has 0 amide bonds. The second-order valence-electron chi connectivity index (χ2n) is 5.81. The van der Waals surface area contributed by atoms with E-state index in [1.807, 2.05) is 0 Å². The van der Waals surface area contributed by atoms with E-state index in [2.05, 4.69) is 29.2 Å². The molecule has 0 spiro atoms. The maximum absolute atomic E-state index is 10.2. The number of fused-ring (bicyclic) bond motifs is 2. The molecular weight excluding hydrogens is 226 g/mol. The number of benzene rings is 1. The van der Waals surface area contributed by atoms with Crippen LogP contribution in [0.3, 0.4) is 0 Å². The lowest BCUT2D eigenvalue weighted by atomic mass is 9.89. The highest BCUT2D eigenvalue weighted by atomic mass is 16.6. The summed E-state index contributed by atoms with van der Waals surface area (Å²) >= 11 is 0. The molecule has 0 bridgehead atoms. The number of epoxide rings is 1. The molecule has 1 saturated carbocycles. The van der Waals surface area contributed by atoms with Gasteiger partial charge in [-0.25, -0.2) is 0 Å². The average molecular weight is 245 g/mol. The molecule has 3 aliphatic rings. The van der Waals surface area contributed by atoms with Gasteiger partial charge < -0.3 is 9.84 Å². The predicted octanol–water partition coefficient (Wildman–Crippen LogP) is 1.34. The van der Waals surface area contributed by atoms with Crippen LogP contribution < -0.4 is 0 Å². The Morgan fingerprint density at radius 1 is 1.11 bits per heavy atom. The van der Waals surface area contributed by atoms with Crippen molar-refractivity contribution in [1.29, 1.82) is 0 Å². The molecule has 3 heteroatoms. The summed E-state index contributed by atoms with van der Waals surface area (Å²) in [7, 11) is 0. The molecule has 0 aromatic heterocycles. The fraction of sp³-hybridized carbons (Fsp3) is 0.600. The van der Waals surface area contributed by atoms with Gasteiger partial charge in [-0.15, -0.1) is 0 Å². The summed E-state index contributed by atoms with van der Waals surface area (Å²) < 4.78 is 5.55. The Bertz CT molecular complexity index is 462. The van der Waals surface area contributed by atoms with Crippen LogP contribution in [0.2, 0.25) is 0 Å². The van der Waals surface area contributed by atoms with E-state index in [4.69, 9.17) is 4.74 Å². The molecule has 96 valence electrons. The van der Waals surface area contributed by atoms with Gasteiger partial charge in [0.05, 0.1) is 18.3 Å². The summed E-state index contributed by atoms with van der Waals surface area (Å²) in [6, 6.07) is 8.96. The van der Waals surface area contributed by atoms with Crippen molar-refractivity contribution in [2.45, 2.75) is 50.2 Å². The fourth-order valence-corrected chi connectivity index (χ4v) is 3.58. The molecule has 1 saturated heterocycles. The second kappa shape index (κ2) is 4.05. The number of ether oxygens (including phenoxy) is 1. The molecule has 18 heavy (non-hydrogen) atoms. The number of hydrogen-bond acceptors (Lipinski definition) is 3. The van der Waals surface area contributed by atoms with Crippen molar-refractivity contribution >= 4 is 0 Å². The minimum atomic E-state index is -0.209. The summed E-state index contributed by atoms with van der Waals surface area (Å²) in [5, 5.41) is 10.2. The molecule has 2 aliphatic heterocycles. The summed E-state index contributed by atoms with van der Waals surface area (Å²) in [5.74, 6) is 0. The van der Waals surface area contributed by atoms with Crippen LogP contribution in [0.4, 0.5) is 0 Å². The van der Waals surface area contributed by atoms with E-state index in [-0.39, 0.29) is 6.10 Å². The van der Waals surface area contributed by atoms with Crippen molar-refractivity contribution in [2.24, 2.45) is 0 Å². The quantitative estimate of drug-likeness (QED) is 0.758. The zero-order valence-corrected chi connectivity index (χ0v) is 10.5. The molecule has 3 nitrogen and oxygen atoms in total. The van der Waals surface area contributed by atoms with Gasteiger partial charge in [0.25, 0.3) is 0 Å². The Hall–Kier alpha value is -0.900. The van der Waals surface area contributed by atoms with Crippen molar-refractivity contribution < 1.29 is 9.84 Å². The highest BCUT2D eigenvalue weighted by Crippen LogP contribution is 2.39. The van der Waals surface area contributed by atoms with E-state index in [1.165, 1.54) is 11.1 Å². The summed E-state index contributed by atoms with van der Waals surface area (Å²) in [6.45, 7) is 2.05. The first-order chi connectivity index (χ1) is 8.81. The lowest BCUT2D eigenvalue weighted by Gasteiger charge is -2.39. The maximum atomic E-state index is 10.2. The van der Waals surface area contributed by atoms with Crippen molar-refractivity contribution in [1.82, 2.24) is 4.90 Å². The van der Waals surface area contributed by atoms with Crippen molar-refractivity contribution in [2.75, 3.05) is 6.54 Å². The highest BCUT2D eigenvalue weighted by Gasteiger charge is 2.49. The number of hydrogen-bond donors (Lipinski definition) is 1. The van der Waals surface area contributed by atoms with Gasteiger partial charge in [0.15, 0.2) is 0 Å². The first-order valence-corrected chi connectivity index (χ1v) is 6.95. The third-order valence-corrected chi connectivity index (χ3v) is 4.71. The van der Waals surface area contributed by atoms with E-state index >= 15 is 0 Å². The van der Waals surface area contributed by atoms with Gasteiger partial charge in [-0.3, -0.25) is 4.90 Å². The van der Waals surface area contributed by atoms with E-state index in [0.717, 1.165) is 32.4 Å². The Kier molecular flexibility index (Phi) is 2.47. The minimum Gasteiger partial charge on any atom is -0.391 e. The topological polar surface area (TPSA) is 36.0 Å². The molecule has 1 aliphatic carbocycles. The molecule has 0 unspecified atom stereocenters. The van der Waals surface area contributed by atoms with E-state index in [9.17, 15) is 5.11 Å². The zero-order valence-electron chi connectivity index (χ0n) is 10.5. The van der Waals surface area contributed by atoms with Crippen LogP contribution in [-0.4, -0.2) is 40.9 Å². The van der Waals surface area contributed by atoms with Gasteiger partial charge >= 0.3 is 0 Å². The first-order valence-electron chi connectivity index (χ1n) is 6.95. The second-order valence-corrected chi connectivity index (χ2v) is 5.81. The van der Waals surface area contributed by atoms with Crippen molar-refractivity contribution in [3.63, 3.8) is 0 Å². The van der Waals surface area contributed by atoms with Crippen LogP contribution in [0.5, 0.6) is 0 Å². The van der Waals surface area contributed by atoms with Crippen molar-refractivity contribution in [3.05, 3.63) is 35.4 Å². The predicted molar refractivity (Wildman–Crippen MR) is 68.2 cm³/mol. The van der Waals surface area contributed by atoms with Crippen LogP contribution >= 0.6 is 0 Å². The summed E-state index contributed by atoms with van der Waals surface area (Å²) in [6.07, 6.45) is 3.51. The van der Waals surface area contributed by atoms with Crippen LogP contribution in [0.1, 0.15) is 24.0 Å². The largest absolute Gasteiger partial charge is 0.391 e. The van der Waals surface area contributed by atoms with Crippen molar-refractivity contribution in [3.8, 4) is 0 Å². The summed E-state index contributed by atoms with van der Waals surface area (Å²) in [5.41, 5.74) is 2.90. The molecule has 1 aromatic rings. The molecule has 1 N–H and O–H groups in total. The first kappa shape index (κ1) is 11.0. The maximum Gasteiger partial charge on any atom is 0.0867 e. The Morgan fingerprint density at radius 2 is 1.89 bits per heavy atom. The Morgan fingerprint density at radius 3 is 2.78 bits per heavy atom. The van der Waals surface area contributed by atoms with Gasteiger partial charge in [-0.05, 0) is 24.0 Å². The van der Waals surface area contributed by atoms with E-state index in [0.29, 0.717) is 18.2 Å². The SMILES string of the molecule is O[C@H]1C[C@@H]2O[C@@H]2C[C@@H]1N1CCc2ccccc2C1. The average Bonchev–Trinajstić information content (AvgIpc) is 3.15. The third kappa shape index (κ3) is 1.78. The van der Waals surface area contributed by atoms with Gasteiger partial charge in [-0.1, -0.05) is 24.3 Å². The van der Waals surface area contributed by atoms with Gasteiger partial charge in [0.2, 0.25) is 0 Å². The highest BCUT2D eigenvalue weighted by molar-refractivity contribution is 5.29. The fourth-order valence-electron chi connectivity index (χ4n) is 3.58. The number of aliphatic hydroxyl groups excluding tert-OH is 1. The molecule has 1 aromatic carbocycles. The van der Waals surface area contributed by atoms with Crippen LogP contribution in [0, 0.1) is 0 Å². The van der Waals surface area contributed by atoms with Gasteiger partial charge in [0, 0.05) is 25.6 Å².